The van der Waals surface area contributed by atoms with Crippen LogP contribution in [0.5, 0.6) is 0 Å². The molecular weight excluding hydrogens is 1600 g/mol. The van der Waals surface area contributed by atoms with E-state index in [1.807, 2.05) is 18.2 Å². The molecule has 3 aromatic heterocycles. The molecule has 0 bridgehead atoms. The van der Waals surface area contributed by atoms with Crippen LogP contribution in [0, 0.1) is 0 Å². The van der Waals surface area contributed by atoms with Gasteiger partial charge in [0.1, 0.15) is 0 Å². The highest BCUT2D eigenvalue weighted by Crippen LogP contribution is 2.45. The van der Waals surface area contributed by atoms with Crippen molar-refractivity contribution in [1.82, 2.24) is 13.7 Å². The summed E-state index contributed by atoms with van der Waals surface area (Å²) in [5.74, 6) is 0. The molecule has 3 fully saturated rings. The van der Waals surface area contributed by atoms with E-state index in [1.54, 1.807) is 0 Å². The number of anilines is 8. The largest absolute Gasteiger partial charge is 0.356 e. The second kappa shape index (κ2) is 33.6. The first-order valence-electron chi connectivity index (χ1n) is 40.2. The highest BCUT2D eigenvalue weighted by Gasteiger charge is 2.25. The summed E-state index contributed by atoms with van der Waals surface area (Å²) in [4.78, 5) is 4.69. The number of hydrogen-bond acceptors (Lipinski definition) is 9. The minimum absolute atomic E-state index is 0.251. The van der Waals surface area contributed by atoms with Gasteiger partial charge in [0.15, 0.2) is 18.9 Å². The van der Waals surface area contributed by atoms with Crippen LogP contribution in [0.3, 0.4) is 0 Å². The topological polar surface area (TPSA) is 88.7 Å². The van der Waals surface area contributed by atoms with E-state index in [0.29, 0.717) is 39.6 Å². The smallest absolute Gasteiger partial charge is 0.184 e. The molecule has 3 saturated heterocycles. The van der Waals surface area contributed by atoms with Gasteiger partial charge in [-0.2, -0.15) is 0 Å². The summed E-state index contributed by atoms with van der Waals surface area (Å²) in [5.41, 5.74) is 26.8. The maximum absolute atomic E-state index is 5.79. The summed E-state index contributed by atoms with van der Waals surface area (Å²) in [5, 5.41) is 10.7. The van der Waals surface area contributed by atoms with Gasteiger partial charge in [-0.05, 0) is 216 Å². The third kappa shape index (κ3) is 15.3. The average molecular weight is 1680 g/mol. The van der Waals surface area contributed by atoms with Crippen LogP contribution in [-0.2, 0) is 28.4 Å². The maximum Gasteiger partial charge on any atom is 0.184 e. The quantitative estimate of drug-likeness (QED) is 0.102. The van der Waals surface area contributed by atoms with E-state index in [9.17, 15) is 0 Å². The molecule has 1 N–H and O–H groups in total. The highest BCUT2D eigenvalue weighted by atomic mass is 79.9. The molecule has 3 aliphatic rings. The minimum atomic E-state index is -0.307. The van der Waals surface area contributed by atoms with Crippen LogP contribution in [0.1, 0.15) is 35.6 Å². The molecule has 6 heterocycles. The third-order valence-corrected chi connectivity index (χ3v) is 23.4. The van der Waals surface area contributed by atoms with Gasteiger partial charge in [0.05, 0.1) is 72.7 Å². The molecular formula is C105H80Br2N6O6. The van der Waals surface area contributed by atoms with E-state index in [0.717, 1.165) is 121 Å². The average Bonchev–Trinajstić information content (AvgIpc) is 1.60. The number of aromatic nitrogens is 3. The van der Waals surface area contributed by atoms with Crippen molar-refractivity contribution in [3.05, 3.63) is 414 Å². The Morgan fingerprint density at radius 2 is 0.496 bits per heavy atom. The van der Waals surface area contributed by atoms with Crippen LogP contribution >= 0.6 is 31.9 Å². The molecule has 0 aliphatic carbocycles. The lowest BCUT2D eigenvalue weighted by Gasteiger charge is -2.26. The predicted molar refractivity (Wildman–Crippen MR) is 492 cm³/mol. The molecule has 0 radical (unpaired) electrons. The molecule has 0 saturated carbocycles. The zero-order valence-corrected chi connectivity index (χ0v) is 68.0. The van der Waals surface area contributed by atoms with E-state index >= 15 is 0 Å². The van der Waals surface area contributed by atoms with Crippen molar-refractivity contribution in [2.75, 3.05) is 54.8 Å². The van der Waals surface area contributed by atoms with Crippen LogP contribution in [-0.4, -0.2) is 53.3 Å². The fourth-order valence-corrected chi connectivity index (χ4v) is 17.2. The molecule has 19 aromatic rings. The molecule has 119 heavy (non-hydrogen) atoms. The monoisotopic (exact) mass is 1680 g/mol. The molecule has 0 amide bonds. The molecule has 0 unspecified atom stereocenters. The van der Waals surface area contributed by atoms with Crippen molar-refractivity contribution in [3.8, 4) is 39.3 Å². The van der Waals surface area contributed by atoms with Crippen LogP contribution in [0.4, 0.5) is 45.5 Å². The van der Waals surface area contributed by atoms with Gasteiger partial charge in [0.2, 0.25) is 0 Å². The van der Waals surface area contributed by atoms with Crippen molar-refractivity contribution in [2.45, 2.75) is 18.9 Å². The molecule has 22 rings (SSSR count). The van der Waals surface area contributed by atoms with Gasteiger partial charge in [-0.1, -0.05) is 226 Å². The fourth-order valence-electron chi connectivity index (χ4n) is 16.7. The van der Waals surface area contributed by atoms with E-state index in [-0.39, 0.29) is 18.9 Å². The first kappa shape index (κ1) is 74.8. The number of halogens is 2. The Morgan fingerprint density at radius 1 is 0.227 bits per heavy atom. The van der Waals surface area contributed by atoms with Crippen LogP contribution in [0.2, 0.25) is 0 Å². The highest BCUT2D eigenvalue weighted by molar-refractivity contribution is 9.10. The van der Waals surface area contributed by atoms with E-state index in [2.05, 4.69) is 431 Å². The standard InChI is InChI=1S/C66H50N4O4.C27H22N2O2.C12H8Br2/c1-3-11-49(12-4-1)67(55-35-37-63-59(43-55)57-15-7-9-17-61(57)69(63)53-31-23-47(24-32-53)65-71-39-40-72-65)51-27-19-45(20-28-51)46-21-29-52(30-22-46)68(50-13-5-2-6-14-50)56-36-38-64-60(44-56)58-16-8-10-18-62(58)70(64)54-33-25-48(26-34-54)66-73-41-42-74-66;1-2-6-20(7-3-1)28-21-12-15-26-24(18-21)23-8-4-5-9-25(23)29(26)22-13-10-19(11-14-22)27-30-16-17-31-27;13-11-5-1-9(2-6-11)10-3-7-12(14)8-4-10/h1-38,43-44,65-66H,39-42H2;1-15,18,27-28H,16-17H2;1-8H. The van der Waals surface area contributed by atoms with Crippen molar-refractivity contribution in [3.63, 3.8) is 0 Å². The summed E-state index contributed by atoms with van der Waals surface area (Å²) in [6.07, 6.45) is -0.864. The predicted octanol–water partition coefficient (Wildman–Crippen LogP) is 28.0. The fraction of sp³-hybridized carbons (Fsp3) is 0.0857. The normalized spacial score (nSPS) is 13.8. The van der Waals surface area contributed by atoms with Crippen molar-refractivity contribution < 1.29 is 28.4 Å². The summed E-state index contributed by atoms with van der Waals surface area (Å²) >= 11 is 6.84. The Morgan fingerprint density at radius 3 is 0.840 bits per heavy atom. The number of ether oxygens (including phenoxy) is 6. The number of nitrogens with zero attached hydrogens (tertiary/aromatic N) is 5. The summed E-state index contributed by atoms with van der Waals surface area (Å²) in [6.45, 7) is 3.78. The van der Waals surface area contributed by atoms with E-state index < -0.39 is 0 Å². The summed E-state index contributed by atoms with van der Waals surface area (Å²) < 4.78 is 43.7. The number of para-hydroxylation sites is 6. The second-order valence-corrected chi connectivity index (χ2v) is 31.5. The maximum atomic E-state index is 5.79. The van der Waals surface area contributed by atoms with Gasteiger partial charge in [-0.3, -0.25) is 0 Å². The van der Waals surface area contributed by atoms with Gasteiger partial charge in [-0.25, -0.2) is 0 Å². The van der Waals surface area contributed by atoms with E-state index in [4.69, 9.17) is 28.4 Å². The lowest BCUT2D eigenvalue weighted by Crippen LogP contribution is -2.10. The molecule has 14 heteroatoms. The van der Waals surface area contributed by atoms with Gasteiger partial charge >= 0.3 is 0 Å². The van der Waals surface area contributed by atoms with Crippen molar-refractivity contribution >= 4 is 143 Å². The minimum Gasteiger partial charge on any atom is -0.356 e. The Bertz CT molecular complexity index is 6470. The molecule has 16 aromatic carbocycles. The van der Waals surface area contributed by atoms with Crippen LogP contribution in [0.15, 0.2) is 397 Å². The molecule has 0 spiro atoms. The van der Waals surface area contributed by atoms with Gasteiger partial charge < -0.3 is 57.2 Å². The number of nitrogens with one attached hydrogen (secondary N) is 1. The number of fused-ring (bicyclic) bond motifs is 9. The first-order valence-corrected chi connectivity index (χ1v) is 41.8. The summed E-state index contributed by atoms with van der Waals surface area (Å²) in [6, 6.07) is 138. The number of benzene rings is 16. The van der Waals surface area contributed by atoms with Gasteiger partial charge in [0.25, 0.3) is 0 Å². The van der Waals surface area contributed by atoms with Gasteiger partial charge in [-0.15, -0.1) is 0 Å². The molecule has 0 atom stereocenters. The Hall–Kier alpha value is -13.0. The number of rotatable bonds is 16. The number of hydrogen-bond donors (Lipinski definition) is 1. The zero-order chi connectivity index (χ0) is 79.5. The third-order valence-electron chi connectivity index (χ3n) is 22.3. The zero-order valence-electron chi connectivity index (χ0n) is 64.9. The van der Waals surface area contributed by atoms with Crippen LogP contribution in [0.25, 0.3) is 105 Å². The lowest BCUT2D eigenvalue weighted by molar-refractivity contribution is -0.0443. The first-order chi connectivity index (χ1) is 58.8. The lowest BCUT2D eigenvalue weighted by atomic mass is 10.0. The van der Waals surface area contributed by atoms with Crippen molar-refractivity contribution in [2.24, 2.45) is 0 Å². The second-order valence-electron chi connectivity index (χ2n) is 29.6. The van der Waals surface area contributed by atoms with Crippen molar-refractivity contribution in [1.29, 1.82) is 0 Å². The summed E-state index contributed by atoms with van der Waals surface area (Å²) in [7, 11) is 0. The molecule has 12 nitrogen and oxygen atoms in total. The SMILES string of the molecule is Brc1ccc(-c2ccc(Br)cc2)cc1.c1ccc(N(c2ccc(-c3ccc(N(c4ccccc4)c4ccc5c(c4)c4ccccc4n5-c4ccc(C5OCCO5)cc4)cc3)cc2)c2ccc3c(c2)c2ccccc2n3-c2ccc(C3OCCO3)cc2)cc1.c1ccc(Nc2ccc3c(c2)c2ccccc2n3-c2ccc(C3OCCO3)cc2)cc1. The molecule has 3 aliphatic heterocycles. The molecule has 580 valence electrons. The van der Waals surface area contributed by atoms with Gasteiger partial charge in [0, 0.05) is 121 Å². The Kier molecular flexibility index (Phi) is 21.1. The Labute approximate surface area is 706 Å². The van der Waals surface area contributed by atoms with E-state index in [1.165, 1.54) is 54.5 Å². The Balaban J connectivity index is 0.000000163. The van der Waals surface area contributed by atoms with Crippen LogP contribution < -0.4 is 15.1 Å².